The first kappa shape index (κ1) is 25.3. The van der Waals surface area contributed by atoms with Gasteiger partial charge in [-0.1, -0.05) is 23.7 Å². The van der Waals surface area contributed by atoms with E-state index < -0.39 is 20.7 Å². The SMILES string of the molecule is COc1ccc(C[C@H]2CN3CCC[C@@]3(CNc3cc(F)c(S(=O)(=O)Nc4nccs4)cc3Cl)C2)cc1. The number of anilines is 2. The summed E-state index contributed by atoms with van der Waals surface area (Å²) < 4.78 is 47.8. The summed E-state index contributed by atoms with van der Waals surface area (Å²) >= 11 is 7.53. The molecule has 0 radical (unpaired) electrons. The first-order chi connectivity index (χ1) is 17.3. The number of aromatic nitrogens is 1. The van der Waals surface area contributed by atoms with Gasteiger partial charge in [0, 0.05) is 30.2 Å². The number of rotatable bonds is 9. The zero-order chi connectivity index (χ0) is 25.3. The van der Waals surface area contributed by atoms with Crippen LogP contribution in [0.4, 0.5) is 15.2 Å². The van der Waals surface area contributed by atoms with Crippen LogP contribution in [0.1, 0.15) is 24.8 Å². The van der Waals surface area contributed by atoms with Crippen LogP contribution >= 0.6 is 22.9 Å². The molecule has 0 unspecified atom stereocenters. The number of methoxy groups -OCH3 is 1. The molecule has 3 aromatic rings. The summed E-state index contributed by atoms with van der Waals surface area (Å²) in [6.07, 6.45) is 5.68. The molecule has 2 aliphatic rings. The number of sulfonamides is 1. The van der Waals surface area contributed by atoms with Gasteiger partial charge in [-0.25, -0.2) is 17.8 Å². The van der Waals surface area contributed by atoms with Gasteiger partial charge in [0.15, 0.2) is 5.13 Å². The Morgan fingerprint density at radius 3 is 2.83 bits per heavy atom. The summed E-state index contributed by atoms with van der Waals surface area (Å²) in [6.45, 7) is 2.69. The lowest BCUT2D eigenvalue weighted by Gasteiger charge is -2.32. The number of hydrogen-bond acceptors (Lipinski definition) is 7. The molecule has 5 rings (SSSR count). The van der Waals surface area contributed by atoms with Crippen LogP contribution in [0.3, 0.4) is 0 Å². The number of halogens is 2. The van der Waals surface area contributed by atoms with E-state index in [4.69, 9.17) is 16.3 Å². The van der Waals surface area contributed by atoms with Crippen molar-refractivity contribution in [2.75, 3.05) is 36.8 Å². The minimum absolute atomic E-state index is 0.0198. The van der Waals surface area contributed by atoms with Gasteiger partial charge in [-0.2, -0.15) is 0 Å². The standard InChI is InChI=1S/C25H28ClFN4O3S2/c1-34-19-5-3-17(4-6-19)11-18-14-25(7-2-9-31(25)15-18)16-29-22-13-21(27)23(12-20(22)26)36(32,33)30-24-28-8-10-35-24/h3-6,8,10,12-13,18,29H,2,7,9,11,14-16H2,1H3,(H,28,30)/t18-,25+/m1/s1. The molecule has 11 heteroatoms. The predicted molar refractivity (Wildman–Crippen MR) is 141 cm³/mol. The van der Waals surface area contributed by atoms with Crippen molar-refractivity contribution in [2.45, 2.75) is 36.1 Å². The Morgan fingerprint density at radius 2 is 2.11 bits per heavy atom. The highest BCUT2D eigenvalue weighted by atomic mass is 35.5. The molecule has 2 fully saturated rings. The highest BCUT2D eigenvalue weighted by Gasteiger charge is 2.48. The van der Waals surface area contributed by atoms with E-state index in [1.54, 1.807) is 12.5 Å². The van der Waals surface area contributed by atoms with Crippen LogP contribution in [-0.4, -0.2) is 50.6 Å². The molecular formula is C25H28ClFN4O3S2. The second-order valence-corrected chi connectivity index (χ2v) is 12.4. The Balaban J connectivity index is 1.27. The quantitative estimate of drug-likeness (QED) is 0.378. The van der Waals surface area contributed by atoms with Crippen LogP contribution in [0, 0.1) is 11.7 Å². The molecule has 2 aromatic carbocycles. The molecule has 192 valence electrons. The van der Waals surface area contributed by atoms with Crippen molar-refractivity contribution in [3.05, 3.63) is 64.4 Å². The van der Waals surface area contributed by atoms with Crippen LogP contribution in [-0.2, 0) is 16.4 Å². The van der Waals surface area contributed by atoms with E-state index in [0.717, 1.165) is 61.9 Å². The first-order valence-electron chi connectivity index (χ1n) is 11.8. The fraction of sp³-hybridized carbons (Fsp3) is 0.400. The van der Waals surface area contributed by atoms with Crippen LogP contribution in [0.25, 0.3) is 0 Å². The van der Waals surface area contributed by atoms with Crippen LogP contribution in [0.5, 0.6) is 5.75 Å². The summed E-state index contributed by atoms with van der Waals surface area (Å²) in [7, 11) is -2.48. The number of nitrogens with zero attached hydrogens (tertiary/aromatic N) is 2. The molecule has 1 aromatic heterocycles. The molecule has 0 bridgehead atoms. The van der Waals surface area contributed by atoms with E-state index >= 15 is 0 Å². The van der Waals surface area contributed by atoms with Crippen molar-refractivity contribution in [1.29, 1.82) is 0 Å². The average Bonchev–Trinajstić information content (AvgIpc) is 3.56. The van der Waals surface area contributed by atoms with Gasteiger partial charge in [-0.05, 0) is 68.0 Å². The minimum Gasteiger partial charge on any atom is -0.497 e. The van der Waals surface area contributed by atoms with E-state index in [0.29, 0.717) is 18.2 Å². The van der Waals surface area contributed by atoms with Gasteiger partial charge in [0.05, 0.1) is 17.8 Å². The van der Waals surface area contributed by atoms with Crippen molar-refractivity contribution < 1.29 is 17.5 Å². The van der Waals surface area contributed by atoms with Gasteiger partial charge in [-0.15, -0.1) is 11.3 Å². The predicted octanol–water partition coefficient (Wildman–Crippen LogP) is 5.25. The fourth-order valence-electron chi connectivity index (χ4n) is 5.50. The molecule has 0 aliphatic carbocycles. The minimum atomic E-state index is -4.15. The Labute approximate surface area is 219 Å². The molecule has 0 amide bonds. The van der Waals surface area contributed by atoms with Gasteiger partial charge >= 0.3 is 0 Å². The van der Waals surface area contributed by atoms with E-state index in [2.05, 4.69) is 32.1 Å². The van der Waals surface area contributed by atoms with E-state index in [-0.39, 0.29) is 15.7 Å². The Morgan fingerprint density at radius 1 is 1.31 bits per heavy atom. The maximum atomic E-state index is 14.9. The van der Waals surface area contributed by atoms with E-state index in [1.807, 2.05) is 12.1 Å². The third-order valence-electron chi connectivity index (χ3n) is 7.14. The number of hydrogen-bond donors (Lipinski definition) is 2. The van der Waals surface area contributed by atoms with Crippen molar-refractivity contribution in [1.82, 2.24) is 9.88 Å². The summed E-state index contributed by atoms with van der Waals surface area (Å²) in [5.74, 6) is 0.515. The Bertz CT molecular complexity index is 1320. The lowest BCUT2D eigenvalue weighted by atomic mass is 9.87. The zero-order valence-electron chi connectivity index (χ0n) is 19.8. The van der Waals surface area contributed by atoms with E-state index in [1.165, 1.54) is 17.8 Å². The van der Waals surface area contributed by atoms with E-state index in [9.17, 15) is 12.8 Å². The van der Waals surface area contributed by atoms with Gasteiger partial charge in [0.2, 0.25) is 0 Å². The third kappa shape index (κ3) is 5.18. The van der Waals surface area contributed by atoms with Crippen LogP contribution in [0.2, 0.25) is 5.02 Å². The van der Waals surface area contributed by atoms with Gasteiger partial charge in [-0.3, -0.25) is 9.62 Å². The molecule has 0 saturated carbocycles. The summed E-state index contributed by atoms with van der Waals surface area (Å²) in [5.41, 5.74) is 1.66. The topological polar surface area (TPSA) is 83.6 Å². The van der Waals surface area contributed by atoms with Crippen LogP contribution < -0.4 is 14.8 Å². The largest absolute Gasteiger partial charge is 0.497 e. The van der Waals surface area contributed by atoms with Crippen molar-refractivity contribution in [3.63, 3.8) is 0 Å². The molecule has 2 N–H and O–H groups in total. The monoisotopic (exact) mass is 550 g/mol. The highest BCUT2D eigenvalue weighted by molar-refractivity contribution is 7.93. The molecule has 2 saturated heterocycles. The summed E-state index contributed by atoms with van der Waals surface area (Å²) in [4.78, 5) is 5.92. The average molecular weight is 551 g/mol. The maximum absolute atomic E-state index is 14.9. The molecular weight excluding hydrogens is 523 g/mol. The smallest absolute Gasteiger partial charge is 0.266 e. The highest BCUT2D eigenvalue weighted by Crippen LogP contribution is 2.43. The number of nitrogens with one attached hydrogen (secondary N) is 2. The molecule has 3 heterocycles. The molecule has 0 spiro atoms. The van der Waals surface area contributed by atoms with Gasteiger partial charge in [0.1, 0.15) is 16.5 Å². The van der Waals surface area contributed by atoms with Crippen molar-refractivity contribution >= 4 is 43.8 Å². The van der Waals surface area contributed by atoms with Crippen LogP contribution in [0.15, 0.2) is 52.9 Å². The lowest BCUT2D eigenvalue weighted by Crippen LogP contribution is -2.44. The third-order valence-corrected chi connectivity index (χ3v) is 9.63. The Hall–Kier alpha value is -2.40. The number of benzene rings is 2. The second kappa shape index (κ2) is 10.2. The molecule has 36 heavy (non-hydrogen) atoms. The number of ether oxygens (including phenoxy) is 1. The normalized spacial score (nSPS) is 21.9. The molecule has 7 nitrogen and oxygen atoms in total. The van der Waals surface area contributed by atoms with Crippen molar-refractivity contribution in [3.8, 4) is 5.75 Å². The second-order valence-electron chi connectivity index (χ2n) is 9.46. The maximum Gasteiger partial charge on any atom is 0.266 e. The van der Waals surface area contributed by atoms with Gasteiger partial charge in [0.25, 0.3) is 10.0 Å². The molecule has 2 atom stereocenters. The summed E-state index contributed by atoms with van der Waals surface area (Å²) in [5, 5.41) is 5.28. The Kier molecular flexibility index (Phi) is 7.13. The molecule has 2 aliphatic heterocycles. The number of thiazole rings is 1. The number of fused-ring (bicyclic) bond motifs is 1. The lowest BCUT2D eigenvalue weighted by molar-refractivity contribution is 0.209. The van der Waals surface area contributed by atoms with Crippen molar-refractivity contribution in [2.24, 2.45) is 5.92 Å². The first-order valence-corrected chi connectivity index (χ1v) is 14.6. The fourth-order valence-corrected chi connectivity index (χ4v) is 7.67. The summed E-state index contributed by atoms with van der Waals surface area (Å²) in [6, 6.07) is 10.5. The zero-order valence-corrected chi connectivity index (χ0v) is 22.2. The van der Waals surface area contributed by atoms with Gasteiger partial charge < -0.3 is 10.1 Å².